The Labute approximate surface area is 163 Å². The van der Waals surface area contributed by atoms with Crippen LogP contribution in [0, 0.1) is 0 Å². The Kier molecular flexibility index (Phi) is 5.74. The Balaban J connectivity index is 2.46. The second kappa shape index (κ2) is 7.27. The highest BCUT2D eigenvalue weighted by molar-refractivity contribution is 5.31. The molecule has 0 bridgehead atoms. The maximum absolute atomic E-state index is 14.2. The van der Waals surface area contributed by atoms with Crippen LogP contribution in [-0.4, -0.2) is 44.1 Å². The lowest BCUT2D eigenvalue weighted by Gasteiger charge is -2.41. The first kappa shape index (κ1) is 23.7. The number of phenolic OH excluding ortho intramolecular Hbond substituents is 2. The van der Waals surface area contributed by atoms with Crippen LogP contribution in [-0.2, 0) is 12.2 Å². The van der Waals surface area contributed by atoms with E-state index in [9.17, 15) is 45.3 Å². The minimum absolute atomic E-state index is 0.312. The van der Waals surface area contributed by atoms with E-state index in [2.05, 4.69) is 0 Å². The third kappa shape index (κ3) is 3.65. The molecule has 2 aromatic rings. The fraction of sp³-hybridized carbons (Fsp3) is 0.333. The molecular formula is C18H14F8O4. The molecule has 0 saturated heterocycles. The van der Waals surface area contributed by atoms with Crippen molar-refractivity contribution in [2.24, 2.45) is 0 Å². The monoisotopic (exact) mass is 446 g/mol. The van der Waals surface area contributed by atoms with Crippen LogP contribution in [0.15, 0.2) is 48.5 Å². The van der Waals surface area contributed by atoms with Crippen LogP contribution in [0.4, 0.5) is 35.1 Å². The number of aliphatic hydroxyl groups is 2. The summed E-state index contributed by atoms with van der Waals surface area (Å²) in [5.41, 5.74) is -2.14. The molecule has 0 atom stereocenters. The Hall–Kier alpha value is -2.60. The standard InChI is InChI=1S/C18H14F8O4/c19-14(20,9-10-1-5-12(27)6-2-10)16(21,22)18(25,26)17(23,24)15(29,30)11-3-7-13(28)8-4-11/h1-8,27-30H,9H2. The molecule has 2 aromatic carbocycles. The average molecular weight is 446 g/mol. The molecule has 166 valence electrons. The molecule has 0 saturated carbocycles. The van der Waals surface area contributed by atoms with Crippen molar-refractivity contribution in [1.82, 2.24) is 0 Å². The van der Waals surface area contributed by atoms with Crippen molar-refractivity contribution < 1.29 is 55.5 Å². The van der Waals surface area contributed by atoms with Gasteiger partial charge in [-0.05, 0) is 42.0 Å². The van der Waals surface area contributed by atoms with Gasteiger partial charge in [0, 0.05) is 12.0 Å². The van der Waals surface area contributed by atoms with Crippen molar-refractivity contribution >= 4 is 0 Å². The molecule has 0 amide bonds. The number of rotatable bonds is 7. The SMILES string of the molecule is Oc1ccc(CC(F)(F)C(F)(F)C(F)(F)C(F)(F)C(O)(O)c2ccc(O)cc2)cc1. The minimum Gasteiger partial charge on any atom is -0.508 e. The molecule has 12 heteroatoms. The Morgan fingerprint density at radius 1 is 0.567 bits per heavy atom. The molecule has 0 radical (unpaired) electrons. The van der Waals surface area contributed by atoms with Gasteiger partial charge in [0.05, 0.1) is 0 Å². The fourth-order valence-electron chi connectivity index (χ4n) is 2.50. The van der Waals surface area contributed by atoms with Gasteiger partial charge < -0.3 is 20.4 Å². The summed E-state index contributed by atoms with van der Waals surface area (Å²) in [6.45, 7) is 0. The zero-order valence-electron chi connectivity index (χ0n) is 14.6. The maximum Gasteiger partial charge on any atom is 0.384 e. The molecule has 0 aliphatic rings. The Bertz CT molecular complexity index is 880. The van der Waals surface area contributed by atoms with Crippen molar-refractivity contribution in [3.05, 3.63) is 59.7 Å². The van der Waals surface area contributed by atoms with Gasteiger partial charge in [-0.2, -0.15) is 35.1 Å². The van der Waals surface area contributed by atoms with Gasteiger partial charge in [-0.1, -0.05) is 12.1 Å². The van der Waals surface area contributed by atoms with Gasteiger partial charge in [0.25, 0.3) is 5.79 Å². The highest BCUT2D eigenvalue weighted by atomic mass is 19.4. The van der Waals surface area contributed by atoms with Crippen LogP contribution < -0.4 is 0 Å². The van der Waals surface area contributed by atoms with Crippen molar-refractivity contribution in [3.8, 4) is 11.5 Å². The molecule has 0 fully saturated rings. The largest absolute Gasteiger partial charge is 0.508 e. The summed E-state index contributed by atoms with van der Waals surface area (Å²) in [6, 6.07) is 4.69. The van der Waals surface area contributed by atoms with E-state index < -0.39 is 58.5 Å². The number of halogens is 8. The van der Waals surface area contributed by atoms with Gasteiger partial charge in [0.1, 0.15) is 11.5 Å². The molecule has 4 N–H and O–H groups in total. The predicted octanol–water partition coefficient (Wildman–Crippen LogP) is 4.02. The Morgan fingerprint density at radius 3 is 1.40 bits per heavy atom. The van der Waals surface area contributed by atoms with Crippen molar-refractivity contribution in [3.63, 3.8) is 0 Å². The van der Waals surface area contributed by atoms with Crippen LogP contribution >= 0.6 is 0 Å². The molecular weight excluding hydrogens is 432 g/mol. The van der Waals surface area contributed by atoms with Crippen LogP contribution in [0.1, 0.15) is 11.1 Å². The van der Waals surface area contributed by atoms with E-state index in [0.29, 0.717) is 36.4 Å². The molecule has 0 spiro atoms. The zero-order valence-corrected chi connectivity index (χ0v) is 14.6. The molecule has 0 aliphatic heterocycles. The molecule has 2 rings (SSSR count). The first-order valence-electron chi connectivity index (χ1n) is 8.01. The van der Waals surface area contributed by atoms with E-state index >= 15 is 0 Å². The second-order valence-corrected chi connectivity index (χ2v) is 6.49. The molecule has 30 heavy (non-hydrogen) atoms. The summed E-state index contributed by atoms with van der Waals surface area (Å²) >= 11 is 0. The van der Waals surface area contributed by atoms with E-state index in [4.69, 9.17) is 10.2 Å². The summed E-state index contributed by atoms with van der Waals surface area (Å²) in [5, 5.41) is 37.1. The topological polar surface area (TPSA) is 80.9 Å². The third-order valence-electron chi connectivity index (χ3n) is 4.32. The van der Waals surface area contributed by atoms with Crippen LogP contribution in [0.3, 0.4) is 0 Å². The molecule has 0 aliphatic carbocycles. The number of alkyl halides is 8. The van der Waals surface area contributed by atoms with Gasteiger partial charge in [0.2, 0.25) is 0 Å². The van der Waals surface area contributed by atoms with E-state index in [1.54, 1.807) is 0 Å². The lowest BCUT2D eigenvalue weighted by molar-refractivity contribution is -0.430. The predicted molar refractivity (Wildman–Crippen MR) is 85.8 cm³/mol. The lowest BCUT2D eigenvalue weighted by Crippen LogP contribution is -2.68. The van der Waals surface area contributed by atoms with E-state index in [0.717, 1.165) is 12.1 Å². The normalized spacial score (nSPS) is 14.1. The summed E-state index contributed by atoms with van der Waals surface area (Å²) in [5.74, 6) is -32.0. The van der Waals surface area contributed by atoms with E-state index in [-0.39, 0.29) is 0 Å². The van der Waals surface area contributed by atoms with Crippen molar-refractivity contribution in [2.75, 3.05) is 0 Å². The molecule has 0 aromatic heterocycles. The molecule has 4 nitrogen and oxygen atoms in total. The summed E-state index contributed by atoms with van der Waals surface area (Å²) < 4.78 is 113. The van der Waals surface area contributed by atoms with E-state index in [1.807, 2.05) is 0 Å². The number of aromatic hydroxyl groups is 2. The number of phenols is 2. The number of hydrogen-bond acceptors (Lipinski definition) is 4. The zero-order chi connectivity index (χ0) is 23.2. The fourth-order valence-corrected chi connectivity index (χ4v) is 2.50. The second-order valence-electron chi connectivity index (χ2n) is 6.49. The van der Waals surface area contributed by atoms with Gasteiger partial charge in [-0.15, -0.1) is 0 Å². The number of hydrogen-bond donors (Lipinski definition) is 4. The summed E-state index contributed by atoms with van der Waals surface area (Å²) in [4.78, 5) is 0. The van der Waals surface area contributed by atoms with Gasteiger partial charge in [0.15, 0.2) is 0 Å². The first-order valence-corrected chi connectivity index (χ1v) is 8.01. The van der Waals surface area contributed by atoms with Gasteiger partial charge in [-0.25, -0.2) is 0 Å². The average Bonchev–Trinajstić information content (AvgIpc) is 2.63. The van der Waals surface area contributed by atoms with Crippen molar-refractivity contribution in [2.45, 2.75) is 35.9 Å². The molecule has 0 heterocycles. The van der Waals surface area contributed by atoms with Gasteiger partial charge >= 0.3 is 23.7 Å². The maximum atomic E-state index is 14.2. The highest BCUT2D eigenvalue weighted by Gasteiger charge is 2.84. The lowest BCUT2D eigenvalue weighted by atomic mass is 9.87. The minimum atomic E-state index is -6.94. The number of benzene rings is 2. The quantitative estimate of drug-likeness (QED) is 0.383. The van der Waals surface area contributed by atoms with Crippen molar-refractivity contribution in [1.29, 1.82) is 0 Å². The van der Waals surface area contributed by atoms with Crippen LogP contribution in [0.25, 0.3) is 0 Å². The molecule has 0 unspecified atom stereocenters. The summed E-state index contributed by atoms with van der Waals surface area (Å²) in [7, 11) is 0. The van der Waals surface area contributed by atoms with E-state index in [1.165, 1.54) is 0 Å². The Morgan fingerprint density at radius 2 is 0.967 bits per heavy atom. The first-order chi connectivity index (χ1) is 13.5. The highest BCUT2D eigenvalue weighted by Crippen LogP contribution is 2.57. The third-order valence-corrected chi connectivity index (χ3v) is 4.32. The smallest absolute Gasteiger partial charge is 0.384 e. The van der Waals surface area contributed by atoms with Crippen LogP contribution in [0.5, 0.6) is 11.5 Å². The van der Waals surface area contributed by atoms with Gasteiger partial charge in [-0.3, -0.25) is 0 Å². The summed E-state index contributed by atoms with van der Waals surface area (Å²) in [6.07, 6.45) is -2.12. The van der Waals surface area contributed by atoms with Crippen LogP contribution in [0.2, 0.25) is 0 Å².